The molecule has 0 heterocycles. The maximum absolute atomic E-state index is 14.6. The van der Waals surface area contributed by atoms with Gasteiger partial charge in [-0.25, -0.2) is 0 Å². The third-order valence-corrected chi connectivity index (χ3v) is 5.84. The summed E-state index contributed by atoms with van der Waals surface area (Å²) in [5, 5.41) is 5.98. The van der Waals surface area contributed by atoms with Crippen LogP contribution in [0.25, 0.3) is 6.08 Å². The summed E-state index contributed by atoms with van der Waals surface area (Å²) in [6.07, 6.45) is -2.46. The van der Waals surface area contributed by atoms with Crippen molar-refractivity contribution in [2.45, 2.75) is 38.0 Å². The van der Waals surface area contributed by atoms with E-state index in [0.29, 0.717) is 16.3 Å². The van der Waals surface area contributed by atoms with Crippen molar-refractivity contribution in [2.75, 3.05) is 13.7 Å². The zero-order valence-corrected chi connectivity index (χ0v) is 22.8. The largest absolute Gasteiger partial charge is 0.497 e. The Morgan fingerprint density at radius 2 is 1.51 bits per heavy atom. The van der Waals surface area contributed by atoms with Gasteiger partial charge < -0.3 is 20.7 Å². The van der Waals surface area contributed by atoms with Crippen molar-refractivity contribution in [3.8, 4) is 5.75 Å². The van der Waals surface area contributed by atoms with Crippen LogP contribution in [0.15, 0.2) is 54.6 Å². The fourth-order valence-corrected chi connectivity index (χ4v) is 3.53. The molecule has 2 rings (SSSR count). The highest BCUT2D eigenvalue weighted by molar-refractivity contribution is 6.30. The van der Waals surface area contributed by atoms with Crippen LogP contribution in [0.4, 0.5) is 22.0 Å². The highest BCUT2D eigenvalue weighted by atomic mass is 35.5. The summed E-state index contributed by atoms with van der Waals surface area (Å²) < 4.78 is 71.3. The topological polar surface area (TPSA) is 114 Å². The van der Waals surface area contributed by atoms with Gasteiger partial charge in [-0.15, -0.1) is 0 Å². The van der Waals surface area contributed by atoms with E-state index >= 15 is 0 Å². The number of hydrogen-bond acceptors (Lipinski definition) is 5. The van der Waals surface area contributed by atoms with Gasteiger partial charge in [0.25, 0.3) is 5.91 Å². The van der Waals surface area contributed by atoms with Crippen LogP contribution in [-0.2, 0) is 19.2 Å². The Kier molecular flexibility index (Phi) is 11.4. The molecule has 222 valence electrons. The van der Waals surface area contributed by atoms with Crippen LogP contribution in [0.1, 0.15) is 31.0 Å². The average molecular weight is 604 g/mol. The lowest BCUT2D eigenvalue weighted by atomic mass is 9.94. The van der Waals surface area contributed by atoms with Gasteiger partial charge in [0.15, 0.2) is 0 Å². The van der Waals surface area contributed by atoms with E-state index in [1.165, 1.54) is 51.3 Å². The molecular formula is C27H27ClF5N3O5. The molecular weight excluding hydrogens is 577 g/mol. The number of Topliss-reactive ketones (excluding diaryl/α,β-unsaturated/α-hetero) is 1. The van der Waals surface area contributed by atoms with E-state index in [1.54, 1.807) is 24.3 Å². The number of alkyl halides is 5. The lowest BCUT2D eigenvalue weighted by molar-refractivity contribution is -0.165. The highest BCUT2D eigenvalue weighted by Gasteiger charge is 2.52. The summed E-state index contributed by atoms with van der Waals surface area (Å²) in [6, 6.07) is 8.69. The molecule has 0 bridgehead atoms. The predicted octanol–water partition coefficient (Wildman–Crippen LogP) is 4.24. The minimum Gasteiger partial charge on any atom is -0.497 e. The first-order valence-electron chi connectivity index (χ1n) is 12.0. The van der Waals surface area contributed by atoms with Gasteiger partial charge in [-0.05, 0) is 47.4 Å². The second kappa shape index (κ2) is 14.1. The fraction of sp³-hybridized carbons (Fsp3) is 0.333. The zero-order chi connectivity index (χ0) is 31.0. The van der Waals surface area contributed by atoms with Crippen LogP contribution in [0.5, 0.6) is 5.75 Å². The summed E-state index contributed by atoms with van der Waals surface area (Å²) in [7, 11) is 1.40. The molecule has 2 atom stereocenters. The van der Waals surface area contributed by atoms with E-state index in [0.717, 1.165) is 11.4 Å². The minimum absolute atomic E-state index is 0.182. The van der Waals surface area contributed by atoms with Crippen LogP contribution in [0, 0.1) is 5.92 Å². The zero-order valence-electron chi connectivity index (χ0n) is 22.0. The third-order valence-electron chi connectivity index (χ3n) is 5.59. The molecule has 0 radical (unpaired) electrons. The number of carbonyl (C=O) groups is 4. The minimum atomic E-state index is -4.99. The number of hydrogen-bond donors (Lipinski definition) is 3. The van der Waals surface area contributed by atoms with Crippen LogP contribution in [0.2, 0.25) is 5.02 Å². The van der Waals surface area contributed by atoms with Gasteiger partial charge in [0, 0.05) is 11.1 Å². The number of rotatable bonds is 12. The number of ketones is 1. The van der Waals surface area contributed by atoms with Crippen LogP contribution in [-0.4, -0.2) is 55.3 Å². The molecule has 0 aliphatic rings. The lowest BCUT2D eigenvalue weighted by Gasteiger charge is -2.27. The number of nitrogens with one attached hydrogen (secondary N) is 3. The predicted molar refractivity (Wildman–Crippen MR) is 140 cm³/mol. The molecule has 2 aromatic rings. The Bertz CT molecular complexity index is 1270. The number of methoxy groups -OCH3 is 1. The van der Waals surface area contributed by atoms with Crippen molar-refractivity contribution in [1.29, 1.82) is 0 Å². The summed E-state index contributed by atoms with van der Waals surface area (Å²) in [5.74, 6) is -12.0. The number of halogens is 6. The third kappa shape index (κ3) is 9.85. The molecule has 0 spiro atoms. The van der Waals surface area contributed by atoms with Gasteiger partial charge >= 0.3 is 12.1 Å². The van der Waals surface area contributed by atoms with Gasteiger partial charge in [-0.1, -0.05) is 49.7 Å². The molecule has 41 heavy (non-hydrogen) atoms. The monoisotopic (exact) mass is 603 g/mol. The van der Waals surface area contributed by atoms with Crippen molar-refractivity contribution >= 4 is 41.2 Å². The Balaban J connectivity index is 2.30. The summed E-state index contributed by atoms with van der Waals surface area (Å²) in [5.41, 5.74) is 0.785. The molecule has 3 amide bonds. The van der Waals surface area contributed by atoms with E-state index in [-0.39, 0.29) is 5.56 Å². The van der Waals surface area contributed by atoms with E-state index in [9.17, 15) is 41.1 Å². The van der Waals surface area contributed by atoms with E-state index < -0.39 is 60.1 Å². The number of amides is 3. The van der Waals surface area contributed by atoms with Gasteiger partial charge in [0.05, 0.1) is 13.2 Å². The number of carbonyl (C=O) groups excluding carboxylic acids is 4. The van der Waals surface area contributed by atoms with Crippen molar-refractivity contribution in [3.63, 3.8) is 0 Å². The summed E-state index contributed by atoms with van der Waals surface area (Å²) in [4.78, 5) is 50.3. The molecule has 0 aliphatic carbocycles. The average Bonchev–Trinajstić information content (AvgIpc) is 2.91. The second-order valence-electron chi connectivity index (χ2n) is 9.07. The standard InChI is InChI=1S/C27H27ClF5N3O5/c1-15(2)21(23(38)27(32,33)25(40)34-14-26(29,30)31)36-24(39)22(17-7-11-19(41-3)12-8-17)35-20(37)13-6-16-4-9-18(28)10-5-16/h4-13,15,21-22H,14H2,1-3H3,(H,34,40)(H,35,37)(H,36,39)/b13-6+/t21-,22?/m0/s1. The van der Waals surface area contributed by atoms with E-state index in [2.05, 4.69) is 10.6 Å². The normalized spacial score (nSPS) is 13.4. The maximum Gasteiger partial charge on any atom is 0.405 e. The highest BCUT2D eigenvalue weighted by Crippen LogP contribution is 2.24. The first-order chi connectivity index (χ1) is 19.0. The molecule has 2 aromatic carbocycles. The van der Waals surface area contributed by atoms with Gasteiger partial charge in [-0.2, -0.15) is 22.0 Å². The lowest BCUT2D eigenvalue weighted by Crippen LogP contribution is -2.58. The van der Waals surface area contributed by atoms with Crippen molar-refractivity contribution in [3.05, 3.63) is 70.8 Å². The van der Waals surface area contributed by atoms with E-state index in [1.807, 2.05) is 0 Å². The van der Waals surface area contributed by atoms with Crippen molar-refractivity contribution in [2.24, 2.45) is 5.92 Å². The molecule has 0 aliphatic heterocycles. The molecule has 0 saturated heterocycles. The first kappa shape index (κ1) is 33.2. The Hall–Kier alpha value is -4.00. The number of benzene rings is 2. The van der Waals surface area contributed by atoms with Crippen LogP contribution < -0.4 is 20.7 Å². The van der Waals surface area contributed by atoms with Crippen molar-refractivity contribution < 1.29 is 45.9 Å². The fourth-order valence-electron chi connectivity index (χ4n) is 3.40. The van der Waals surface area contributed by atoms with E-state index in [4.69, 9.17) is 16.3 Å². The van der Waals surface area contributed by atoms with Gasteiger partial charge in [0.1, 0.15) is 18.3 Å². The van der Waals surface area contributed by atoms with Crippen molar-refractivity contribution in [1.82, 2.24) is 16.0 Å². The van der Waals surface area contributed by atoms with Gasteiger partial charge in [0.2, 0.25) is 17.6 Å². The molecule has 3 N–H and O–H groups in total. The Labute approximate surface area is 237 Å². The van der Waals surface area contributed by atoms with Gasteiger partial charge in [-0.3, -0.25) is 19.2 Å². The molecule has 8 nitrogen and oxygen atoms in total. The van der Waals surface area contributed by atoms with Crippen LogP contribution >= 0.6 is 11.6 Å². The quantitative estimate of drug-likeness (QED) is 0.191. The molecule has 14 heteroatoms. The molecule has 0 fully saturated rings. The molecule has 0 saturated carbocycles. The summed E-state index contributed by atoms with van der Waals surface area (Å²) in [6.45, 7) is 0.479. The SMILES string of the molecule is COc1ccc(C(NC(=O)/C=C/c2ccc(Cl)cc2)C(=O)N[C@H](C(=O)C(F)(F)C(=O)NCC(F)(F)F)C(C)C)cc1. The Morgan fingerprint density at radius 3 is 2.02 bits per heavy atom. The second-order valence-corrected chi connectivity index (χ2v) is 9.50. The molecule has 0 aromatic heterocycles. The first-order valence-corrected chi connectivity index (χ1v) is 12.4. The Morgan fingerprint density at radius 1 is 0.927 bits per heavy atom. The van der Waals surface area contributed by atoms with Crippen LogP contribution in [0.3, 0.4) is 0 Å². The maximum atomic E-state index is 14.6. The smallest absolute Gasteiger partial charge is 0.405 e. The summed E-state index contributed by atoms with van der Waals surface area (Å²) >= 11 is 5.84. The number of ether oxygens (including phenoxy) is 1. The molecule has 1 unspecified atom stereocenters.